The van der Waals surface area contributed by atoms with Crippen LogP contribution in [0.5, 0.6) is 0 Å². The molecule has 14 heavy (non-hydrogen) atoms. The highest BCUT2D eigenvalue weighted by Crippen LogP contribution is 2.19. The molecular weight excluding hydrogens is 207 g/mol. The van der Waals surface area contributed by atoms with Gasteiger partial charge in [0, 0.05) is 7.11 Å². The van der Waals surface area contributed by atoms with Crippen molar-refractivity contribution in [3.8, 4) is 0 Å². The summed E-state index contributed by atoms with van der Waals surface area (Å²) in [4.78, 5) is 1.46. The van der Waals surface area contributed by atoms with Crippen molar-refractivity contribution in [2.24, 2.45) is 0 Å². The summed E-state index contributed by atoms with van der Waals surface area (Å²) in [5.74, 6) is 0. The third kappa shape index (κ3) is 3.05. The zero-order valence-electron chi connectivity index (χ0n) is 9.24. The van der Waals surface area contributed by atoms with Crippen LogP contribution in [0, 0.1) is 0 Å². The fraction of sp³-hybridized carbons (Fsp3) is 0.364. The molecule has 1 rings (SSSR count). The van der Waals surface area contributed by atoms with E-state index in [0.717, 1.165) is 8.43 Å². The number of benzene rings is 1. The molecule has 1 aromatic carbocycles. The maximum Gasteiger partial charge on any atom is 0.0868 e. The molecule has 1 aromatic rings. The molecule has 0 aliphatic carbocycles. The van der Waals surface area contributed by atoms with Crippen LogP contribution in [0.15, 0.2) is 30.3 Å². The molecule has 0 radical (unpaired) electrons. The Morgan fingerprint density at radius 2 is 1.71 bits per heavy atom. The molecule has 0 bridgehead atoms. The van der Waals surface area contributed by atoms with E-state index in [1.807, 2.05) is 0 Å². The van der Waals surface area contributed by atoms with Crippen molar-refractivity contribution in [2.75, 3.05) is 7.11 Å². The summed E-state index contributed by atoms with van der Waals surface area (Å²) in [6, 6.07) is 10.6. The first-order valence-corrected chi connectivity index (χ1v) is 9.04. The molecule has 0 saturated heterocycles. The van der Waals surface area contributed by atoms with Gasteiger partial charge >= 0.3 is 0 Å². The van der Waals surface area contributed by atoms with Gasteiger partial charge in [-0.3, -0.25) is 0 Å². The average molecular weight is 224 g/mol. The molecule has 0 N–H and O–H groups in total. The van der Waals surface area contributed by atoms with Crippen molar-refractivity contribution in [3.05, 3.63) is 35.9 Å². The Morgan fingerprint density at radius 1 is 1.14 bits per heavy atom. The Morgan fingerprint density at radius 3 is 2.14 bits per heavy atom. The molecular formula is C11H17OPSi. The lowest BCUT2D eigenvalue weighted by atomic mass is 10.2. The van der Waals surface area contributed by atoms with Gasteiger partial charge in [0.05, 0.1) is 16.5 Å². The molecule has 0 aliphatic heterocycles. The van der Waals surface area contributed by atoms with Gasteiger partial charge in [0.15, 0.2) is 0 Å². The molecule has 0 heterocycles. The van der Waals surface area contributed by atoms with E-state index < -0.39 is 8.07 Å². The van der Waals surface area contributed by atoms with Crippen LogP contribution in [-0.2, 0) is 4.52 Å². The molecule has 76 valence electrons. The molecule has 0 atom stereocenters. The lowest BCUT2D eigenvalue weighted by Gasteiger charge is -2.19. The van der Waals surface area contributed by atoms with E-state index in [-0.39, 0.29) is 0 Å². The summed E-state index contributed by atoms with van der Waals surface area (Å²) < 4.78 is 5.25. The molecule has 1 nitrogen and oxygen atoms in total. The Kier molecular flexibility index (Phi) is 4.06. The first kappa shape index (κ1) is 11.6. The molecule has 0 saturated carbocycles. The fourth-order valence-electron chi connectivity index (χ4n) is 1.31. The Labute approximate surface area is 89.0 Å². The highest BCUT2D eigenvalue weighted by molar-refractivity contribution is 7.48. The van der Waals surface area contributed by atoms with Crippen LogP contribution < -0.4 is 0 Å². The normalized spacial score (nSPS) is 13.0. The predicted molar refractivity (Wildman–Crippen MR) is 67.8 cm³/mol. The number of hydrogen-bond donors (Lipinski definition) is 0. The van der Waals surface area contributed by atoms with Gasteiger partial charge in [-0.1, -0.05) is 50.0 Å². The van der Waals surface area contributed by atoms with Gasteiger partial charge in [-0.2, -0.15) is 0 Å². The largest absolute Gasteiger partial charge is 0.330 e. The van der Waals surface area contributed by atoms with E-state index in [4.69, 9.17) is 4.52 Å². The molecule has 0 unspecified atom stereocenters. The van der Waals surface area contributed by atoms with Gasteiger partial charge in [-0.25, -0.2) is 0 Å². The maximum atomic E-state index is 5.25. The molecule has 0 aromatic heterocycles. The topological polar surface area (TPSA) is 9.23 Å². The standard InChI is InChI=1S/C11H17OPSi/c1-12-13-11(14(2,3)4)10-8-6-5-7-9-10/h5-9H,1-4H3. The molecule has 0 fully saturated rings. The van der Waals surface area contributed by atoms with Gasteiger partial charge in [-0.05, 0) is 10.5 Å². The third-order valence-electron chi connectivity index (χ3n) is 1.94. The lowest BCUT2D eigenvalue weighted by molar-refractivity contribution is 0.486. The van der Waals surface area contributed by atoms with Crippen molar-refractivity contribution in [1.29, 1.82) is 0 Å². The minimum Gasteiger partial charge on any atom is -0.330 e. The van der Waals surface area contributed by atoms with Crippen LogP contribution in [0.4, 0.5) is 0 Å². The van der Waals surface area contributed by atoms with E-state index in [2.05, 4.69) is 50.0 Å². The first-order chi connectivity index (χ1) is 6.55. The molecule has 0 amide bonds. The zero-order valence-corrected chi connectivity index (χ0v) is 11.1. The second kappa shape index (κ2) is 4.88. The number of hydrogen-bond acceptors (Lipinski definition) is 1. The average Bonchev–Trinajstić information content (AvgIpc) is 2.14. The minimum absolute atomic E-state index is 1.01. The molecule has 3 heteroatoms. The molecule has 0 aliphatic rings. The van der Waals surface area contributed by atoms with Gasteiger partial charge in [0.2, 0.25) is 0 Å². The van der Waals surface area contributed by atoms with Gasteiger partial charge in [-0.15, -0.1) is 0 Å². The van der Waals surface area contributed by atoms with Crippen molar-refractivity contribution >= 4 is 21.4 Å². The Bertz CT molecular complexity index is 314. The highest BCUT2D eigenvalue weighted by Gasteiger charge is 2.21. The van der Waals surface area contributed by atoms with Gasteiger partial charge < -0.3 is 4.52 Å². The quantitative estimate of drug-likeness (QED) is 0.563. The summed E-state index contributed by atoms with van der Waals surface area (Å²) >= 11 is 0. The van der Waals surface area contributed by atoms with Crippen molar-refractivity contribution in [3.63, 3.8) is 0 Å². The second-order valence-electron chi connectivity index (χ2n) is 4.24. The van der Waals surface area contributed by atoms with Gasteiger partial charge in [0.25, 0.3) is 0 Å². The maximum absolute atomic E-state index is 5.25. The predicted octanol–water partition coefficient (Wildman–Crippen LogP) is 3.59. The van der Waals surface area contributed by atoms with E-state index in [1.54, 1.807) is 7.11 Å². The van der Waals surface area contributed by atoms with Gasteiger partial charge in [0.1, 0.15) is 0 Å². The second-order valence-corrected chi connectivity index (χ2v) is 10.7. The fourth-order valence-corrected chi connectivity index (χ4v) is 4.15. The van der Waals surface area contributed by atoms with Crippen LogP contribution in [-0.4, -0.2) is 20.1 Å². The SMILES string of the molecule is COP=C(c1ccccc1)[Si](C)(C)C. The van der Waals surface area contributed by atoms with Crippen LogP contribution >= 0.6 is 8.43 Å². The smallest absolute Gasteiger partial charge is 0.0868 e. The van der Waals surface area contributed by atoms with Crippen LogP contribution in [0.25, 0.3) is 0 Å². The van der Waals surface area contributed by atoms with Crippen molar-refractivity contribution in [2.45, 2.75) is 19.6 Å². The summed E-state index contributed by atoms with van der Waals surface area (Å²) in [7, 11) is 1.50. The van der Waals surface area contributed by atoms with E-state index in [1.165, 1.54) is 10.5 Å². The highest BCUT2D eigenvalue weighted by atomic mass is 31.1. The number of rotatable bonds is 3. The van der Waals surface area contributed by atoms with E-state index >= 15 is 0 Å². The van der Waals surface area contributed by atoms with Crippen molar-refractivity contribution < 1.29 is 4.52 Å². The first-order valence-electron chi connectivity index (χ1n) is 4.73. The molecule has 0 spiro atoms. The minimum atomic E-state index is -1.27. The summed E-state index contributed by atoms with van der Waals surface area (Å²) in [6.45, 7) is 7.05. The van der Waals surface area contributed by atoms with Crippen LogP contribution in [0.3, 0.4) is 0 Å². The lowest BCUT2D eigenvalue weighted by Crippen LogP contribution is -2.32. The van der Waals surface area contributed by atoms with E-state index in [0.29, 0.717) is 0 Å². The third-order valence-corrected chi connectivity index (χ3v) is 6.56. The van der Waals surface area contributed by atoms with Crippen LogP contribution in [0.1, 0.15) is 5.56 Å². The summed E-state index contributed by atoms with van der Waals surface area (Å²) in [6.07, 6.45) is 0. The Hall–Kier alpha value is -0.433. The Balaban J connectivity index is 3.09. The van der Waals surface area contributed by atoms with Crippen LogP contribution in [0.2, 0.25) is 19.6 Å². The monoisotopic (exact) mass is 224 g/mol. The zero-order chi connectivity index (χ0) is 10.6. The van der Waals surface area contributed by atoms with E-state index in [9.17, 15) is 0 Å². The summed E-state index contributed by atoms with van der Waals surface area (Å²) in [5.41, 5.74) is 1.33. The van der Waals surface area contributed by atoms with Crippen molar-refractivity contribution in [1.82, 2.24) is 0 Å². The summed E-state index contributed by atoms with van der Waals surface area (Å²) in [5, 5.41) is 0.